The molecule has 44 heavy (non-hydrogen) atoms. The summed E-state index contributed by atoms with van der Waals surface area (Å²) < 4.78 is 15.8. The van der Waals surface area contributed by atoms with Crippen molar-refractivity contribution in [3.8, 4) is 23.1 Å². The number of aromatic nitrogens is 6. The topological polar surface area (TPSA) is 160 Å². The molecule has 0 bridgehead atoms. The second-order valence-electron chi connectivity index (χ2n) is 9.10. The molecule has 0 saturated heterocycles. The minimum absolute atomic E-state index is 0.0366. The third-order valence-corrected chi connectivity index (χ3v) is 7.19. The van der Waals surface area contributed by atoms with Crippen LogP contribution in [0.25, 0.3) is 33.2 Å². The van der Waals surface area contributed by atoms with E-state index in [2.05, 4.69) is 52.0 Å². The number of carboxylic acids is 1. The second kappa shape index (κ2) is 13.2. The molecule has 6 aromatic rings. The van der Waals surface area contributed by atoms with Crippen LogP contribution in [0.3, 0.4) is 0 Å². The Morgan fingerprint density at radius 3 is 1.64 bits per heavy atom. The number of halogens is 2. The first-order valence-corrected chi connectivity index (χ1v) is 14.9. The molecule has 0 atom stereocenters. The standard InChI is InChI=1S/C15H13BrN4O2.C15H12BrN3O3/c1-2-22-13-7-12-11(8-18-13)14(15(17)21)19-20(12)10-5-3-4-9(16)6-10;1-2-22-13-7-12-11(8-17-13)14(15(20)21)18-19(12)10-5-3-4-9(16)6-10/h3-8H,2H2,1H3,(H2,17,21);3-8H,2H2,1H3,(H,20,21). The molecular weight excluding hydrogens is 698 g/mol. The van der Waals surface area contributed by atoms with Crippen LogP contribution in [0.4, 0.5) is 0 Å². The number of ether oxygens (including phenoxy) is 2. The number of fused-ring (bicyclic) bond motifs is 2. The number of hydrogen-bond donors (Lipinski definition) is 2. The van der Waals surface area contributed by atoms with Gasteiger partial charge in [-0.2, -0.15) is 10.2 Å². The first-order chi connectivity index (χ1) is 21.2. The summed E-state index contributed by atoms with van der Waals surface area (Å²) >= 11 is 6.83. The van der Waals surface area contributed by atoms with E-state index in [0.29, 0.717) is 46.8 Å². The zero-order valence-electron chi connectivity index (χ0n) is 23.4. The molecule has 12 nitrogen and oxygen atoms in total. The fraction of sp³-hybridized carbons (Fsp3) is 0.133. The van der Waals surface area contributed by atoms with Crippen LogP contribution in [0.5, 0.6) is 11.8 Å². The van der Waals surface area contributed by atoms with Gasteiger partial charge < -0.3 is 20.3 Å². The van der Waals surface area contributed by atoms with Crippen LogP contribution in [-0.2, 0) is 0 Å². The summed E-state index contributed by atoms with van der Waals surface area (Å²) in [6, 6.07) is 18.5. The normalized spacial score (nSPS) is 10.8. The van der Waals surface area contributed by atoms with Gasteiger partial charge in [0.1, 0.15) is 0 Å². The molecule has 0 aliphatic rings. The molecule has 0 aliphatic carbocycles. The molecule has 4 heterocycles. The summed E-state index contributed by atoms with van der Waals surface area (Å²) in [5, 5.41) is 18.9. The molecule has 0 fully saturated rings. The monoisotopic (exact) mass is 721 g/mol. The lowest BCUT2D eigenvalue weighted by molar-refractivity contribution is 0.0691. The van der Waals surface area contributed by atoms with Gasteiger partial charge in [-0.1, -0.05) is 44.0 Å². The van der Waals surface area contributed by atoms with Gasteiger partial charge >= 0.3 is 5.97 Å². The summed E-state index contributed by atoms with van der Waals surface area (Å²) in [6.45, 7) is 4.73. The van der Waals surface area contributed by atoms with Crippen LogP contribution in [0.2, 0.25) is 0 Å². The first kappa shape index (κ1) is 30.6. The molecular formula is C30H25Br2N7O5. The first-order valence-electron chi connectivity index (χ1n) is 13.3. The Morgan fingerprint density at radius 2 is 1.23 bits per heavy atom. The van der Waals surface area contributed by atoms with Crippen molar-refractivity contribution in [3.63, 3.8) is 0 Å². The molecule has 0 unspecified atom stereocenters. The number of carboxylic acid groups (broad SMARTS) is 1. The average Bonchev–Trinajstić information content (AvgIpc) is 3.57. The van der Waals surface area contributed by atoms with Crippen molar-refractivity contribution in [2.24, 2.45) is 5.73 Å². The van der Waals surface area contributed by atoms with Crippen LogP contribution >= 0.6 is 31.9 Å². The Balaban J connectivity index is 0.000000175. The predicted molar refractivity (Wildman–Crippen MR) is 171 cm³/mol. The van der Waals surface area contributed by atoms with E-state index in [0.717, 1.165) is 20.3 Å². The van der Waals surface area contributed by atoms with E-state index in [1.54, 1.807) is 27.7 Å². The van der Waals surface area contributed by atoms with E-state index in [9.17, 15) is 14.7 Å². The number of hydrogen-bond acceptors (Lipinski definition) is 8. The van der Waals surface area contributed by atoms with E-state index in [1.165, 1.54) is 6.20 Å². The number of benzene rings is 2. The summed E-state index contributed by atoms with van der Waals surface area (Å²) in [6.07, 6.45) is 3.03. The fourth-order valence-corrected chi connectivity index (χ4v) is 5.16. The van der Waals surface area contributed by atoms with Crippen molar-refractivity contribution in [2.45, 2.75) is 13.8 Å². The van der Waals surface area contributed by atoms with Gasteiger partial charge in [-0.3, -0.25) is 4.79 Å². The van der Waals surface area contributed by atoms with E-state index in [-0.39, 0.29) is 11.4 Å². The maximum absolute atomic E-state index is 11.6. The van der Waals surface area contributed by atoms with Crippen molar-refractivity contribution in [1.82, 2.24) is 29.5 Å². The number of rotatable bonds is 8. The van der Waals surface area contributed by atoms with Crippen LogP contribution < -0.4 is 15.2 Å². The van der Waals surface area contributed by atoms with Crippen LogP contribution in [0, 0.1) is 0 Å². The fourth-order valence-electron chi connectivity index (χ4n) is 4.39. The van der Waals surface area contributed by atoms with Gasteiger partial charge in [0.15, 0.2) is 11.4 Å². The predicted octanol–water partition coefficient (Wildman–Crippen LogP) is 5.96. The van der Waals surface area contributed by atoms with E-state index >= 15 is 0 Å². The molecule has 3 N–H and O–H groups in total. The van der Waals surface area contributed by atoms with Gasteiger partial charge in [-0.05, 0) is 50.2 Å². The summed E-state index contributed by atoms with van der Waals surface area (Å²) in [7, 11) is 0. The van der Waals surface area contributed by atoms with Gasteiger partial charge in [0.2, 0.25) is 11.8 Å². The summed E-state index contributed by atoms with van der Waals surface area (Å²) in [5.41, 5.74) is 8.47. The van der Waals surface area contributed by atoms with Crippen molar-refractivity contribution in [1.29, 1.82) is 0 Å². The van der Waals surface area contributed by atoms with Crippen LogP contribution in [-0.4, -0.2) is 59.7 Å². The number of pyridine rings is 2. The van der Waals surface area contributed by atoms with Gasteiger partial charge in [0.05, 0.1) is 46.4 Å². The van der Waals surface area contributed by atoms with Crippen LogP contribution in [0.15, 0.2) is 82.0 Å². The molecule has 0 aliphatic heterocycles. The van der Waals surface area contributed by atoms with Gasteiger partial charge in [-0.25, -0.2) is 24.1 Å². The third-order valence-electron chi connectivity index (χ3n) is 6.21. The highest BCUT2D eigenvalue weighted by atomic mass is 79.9. The minimum atomic E-state index is -1.09. The Bertz CT molecular complexity index is 1860. The van der Waals surface area contributed by atoms with Crippen LogP contribution in [0.1, 0.15) is 34.8 Å². The quantitative estimate of drug-likeness (QED) is 0.193. The Kier molecular flexibility index (Phi) is 9.20. The largest absolute Gasteiger partial charge is 0.478 e. The number of nitrogens with zero attached hydrogens (tertiary/aromatic N) is 6. The van der Waals surface area contributed by atoms with Gasteiger partial charge in [0, 0.05) is 33.5 Å². The maximum atomic E-state index is 11.6. The van der Waals surface area contributed by atoms with Crippen molar-refractivity contribution in [3.05, 3.63) is 93.4 Å². The van der Waals surface area contributed by atoms with Gasteiger partial charge in [-0.15, -0.1) is 0 Å². The molecule has 6 rings (SSSR count). The Hall–Kier alpha value is -4.82. The molecule has 14 heteroatoms. The van der Waals surface area contributed by atoms with E-state index in [1.807, 2.05) is 62.4 Å². The molecule has 0 saturated carbocycles. The summed E-state index contributed by atoms with van der Waals surface area (Å²) in [4.78, 5) is 31.3. The second-order valence-corrected chi connectivity index (χ2v) is 10.9. The van der Waals surface area contributed by atoms with Crippen molar-refractivity contribution >= 4 is 65.5 Å². The lowest BCUT2D eigenvalue weighted by atomic mass is 10.2. The molecule has 1 amide bonds. The molecule has 0 radical (unpaired) electrons. The molecule has 0 spiro atoms. The molecule has 224 valence electrons. The minimum Gasteiger partial charge on any atom is -0.478 e. The highest BCUT2D eigenvalue weighted by Gasteiger charge is 2.19. The Morgan fingerprint density at radius 1 is 0.773 bits per heavy atom. The maximum Gasteiger partial charge on any atom is 0.357 e. The lowest BCUT2D eigenvalue weighted by Gasteiger charge is -2.05. The number of nitrogens with two attached hydrogens (primary N) is 1. The number of carbonyl (C=O) groups is 2. The van der Waals surface area contributed by atoms with E-state index < -0.39 is 11.9 Å². The third kappa shape index (κ3) is 6.40. The molecule has 4 aromatic heterocycles. The zero-order valence-corrected chi connectivity index (χ0v) is 26.6. The van der Waals surface area contributed by atoms with E-state index in [4.69, 9.17) is 15.2 Å². The number of amides is 1. The van der Waals surface area contributed by atoms with Gasteiger partial charge in [0.25, 0.3) is 5.91 Å². The average molecular weight is 723 g/mol. The number of carbonyl (C=O) groups excluding carboxylic acids is 1. The Labute approximate surface area is 267 Å². The smallest absolute Gasteiger partial charge is 0.357 e. The molecule has 2 aromatic carbocycles. The summed E-state index contributed by atoms with van der Waals surface area (Å²) in [5.74, 6) is -0.778. The SMILES string of the molecule is CCOc1cc2c(cn1)c(C(=O)O)nn2-c1cccc(Br)c1.CCOc1cc2c(cn1)c(C(N)=O)nn2-c1cccc(Br)c1. The number of aromatic carboxylic acids is 1. The van der Waals surface area contributed by atoms with Crippen molar-refractivity contribution < 1.29 is 24.2 Å². The lowest BCUT2D eigenvalue weighted by Crippen LogP contribution is -2.12. The zero-order chi connectivity index (χ0) is 31.4. The van der Waals surface area contributed by atoms with Crippen molar-refractivity contribution in [2.75, 3.05) is 13.2 Å². The number of primary amides is 1. The highest BCUT2D eigenvalue weighted by molar-refractivity contribution is 9.10. The highest BCUT2D eigenvalue weighted by Crippen LogP contribution is 2.27.